The molecule has 24 heavy (non-hydrogen) atoms. The van der Waals surface area contributed by atoms with Crippen LogP contribution >= 0.6 is 0 Å². The summed E-state index contributed by atoms with van der Waals surface area (Å²) in [5, 5.41) is 13.4. The summed E-state index contributed by atoms with van der Waals surface area (Å²) in [6.45, 7) is 0.863. The number of para-hydroxylation sites is 1. The molecule has 0 aliphatic carbocycles. The number of amides is 1. The average Bonchev–Trinajstić information content (AvgIpc) is 2.61. The Bertz CT molecular complexity index is 748. The average molecular weight is 328 g/mol. The number of anilines is 1. The molecule has 0 bridgehead atoms. The summed E-state index contributed by atoms with van der Waals surface area (Å²) >= 11 is 0. The highest BCUT2D eigenvalue weighted by atomic mass is 16.5. The predicted molar refractivity (Wildman–Crippen MR) is 90.4 cm³/mol. The first kappa shape index (κ1) is 16.1. The summed E-state index contributed by atoms with van der Waals surface area (Å²) in [7, 11) is 3.10. The van der Waals surface area contributed by atoms with Crippen LogP contribution in [0.3, 0.4) is 0 Å². The van der Waals surface area contributed by atoms with Gasteiger partial charge in [-0.3, -0.25) is 4.79 Å². The van der Waals surface area contributed by atoms with Crippen LogP contribution in [0.2, 0.25) is 0 Å². The summed E-state index contributed by atoms with van der Waals surface area (Å²) in [5.41, 5.74) is 2.17. The second kappa shape index (κ2) is 6.80. The van der Waals surface area contributed by atoms with Crippen molar-refractivity contribution in [1.82, 2.24) is 4.90 Å². The van der Waals surface area contributed by atoms with Crippen LogP contribution in [0.4, 0.5) is 5.69 Å². The van der Waals surface area contributed by atoms with Crippen molar-refractivity contribution >= 4 is 11.6 Å². The van der Waals surface area contributed by atoms with Gasteiger partial charge in [-0.05, 0) is 29.8 Å². The van der Waals surface area contributed by atoms with Crippen molar-refractivity contribution in [3.63, 3.8) is 0 Å². The van der Waals surface area contributed by atoms with Gasteiger partial charge in [-0.1, -0.05) is 18.2 Å². The lowest BCUT2D eigenvalue weighted by Gasteiger charge is -2.38. The number of rotatable bonds is 5. The number of methoxy groups -OCH3 is 2. The number of hydrogen-bond acceptors (Lipinski definition) is 5. The van der Waals surface area contributed by atoms with Gasteiger partial charge in [0.25, 0.3) is 5.91 Å². The van der Waals surface area contributed by atoms with E-state index in [1.54, 1.807) is 30.2 Å². The monoisotopic (exact) mass is 328 g/mol. The Balaban J connectivity index is 2.00. The minimum absolute atomic E-state index is 0.0369. The quantitative estimate of drug-likeness (QED) is 0.883. The van der Waals surface area contributed by atoms with E-state index in [9.17, 15) is 9.90 Å². The number of fused-ring (bicyclic) bond motifs is 1. The summed E-state index contributed by atoms with van der Waals surface area (Å²) < 4.78 is 10.2. The molecule has 0 aromatic heterocycles. The number of nitrogens with one attached hydrogen (secondary N) is 1. The first-order valence-electron chi connectivity index (χ1n) is 7.68. The van der Waals surface area contributed by atoms with E-state index < -0.39 is 0 Å². The molecule has 0 saturated heterocycles. The van der Waals surface area contributed by atoms with E-state index in [2.05, 4.69) is 5.32 Å². The molecule has 6 nitrogen and oxygen atoms in total. The smallest absolute Gasteiger partial charge is 0.257 e. The molecular formula is C18H20N2O4. The fraction of sp³-hybridized carbons (Fsp3) is 0.278. The van der Waals surface area contributed by atoms with Gasteiger partial charge in [-0.25, -0.2) is 0 Å². The minimum Gasteiger partial charge on any atom is -0.504 e. The third-order valence-electron chi connectivity index (χ3n) is 4.08. The summed E-state index contributed by atoms with van der Waals surface area (Å²) in [6.07, 6.45) is -0.389. The normalized spacial score (nSPS) is 16.5. The lowest BCUT2D eigenvalue weighted by Crippen LogP contribution is -2.44. The van der Waals surface area contributed by atoms with Crippen molar-refractivity contribution in [3.8, 4) is 11.5 Å². The third kappa shape index (κ3) is 2.88. The number of hydrogen-bond donors (Lipinski definition) is 2. The van der Waals surface area contributed by atoms with Crippen LogP contribution in [-0.2, 0) is 4.74 Å². The zero-order valence-electron chi connectivity index (χ0n) is 13.7. The summed E-state index contributed by atoms with van der Waals surface area (Å²) in [6, 6.07) is 12.5. The van der Waals surface area contributed by atoms with Gasteiger partial charge < -0.3 is 24.8 Å². The number of phenols is 1. The molecule has 2 aromatic carbocycles. The molecule has 1 heterocycles. The minimum atomic E-state index is -0.389. The lowest BCUT2D eigenvalue weighted by atomic mass is 10.0. The number of phenolic OH excluding ortho intramolecular Hbond substituents is 1. The molecule has 2 N–H and O–H groups in total. The Hall–Kier alpha value is -2.73. The van der Waals surface area contributed by atoms with E-state index in [1.165, 1.54) is 7.11 Å². The van der Waals surface area contributed by atoms with Gasteiger partial charge in [0, 0.05) is 19.3 Å². The van der Waals surface area contributed by atoms with E-state index in [4.69, 9.17) is 9.47 Å². The number of carbonyl (C=O) groups excluding carboxylic acids is 1. The van der Waals surface area contributed by atoms with Crippen molar-refractivity contribution in [2.24, 2.45) is 0 Å². The number of benzene rings is 2. The van der Waals surface area contributed by atoms with Crippen molar-refractivity contribution in [3.05, 3.63) is 53.6 Å². The molecule has 1 aliphatic heterocycles. The first-order chi connectivity index (χ1) is 11.7. The van der Waals surface area contributed by atoms with Gasteiger partial charge in [-0.15, -0.1) is 0 Å². The second-order valence-electron chi connectivity index (χ2n) is 5.52. The highest BCUT2D eigenvalue weighted by Crippen LogP contribution is 2.36. The Kier molecular flexibility index (Phi) is 4.57. The second-order valence-corrected chi connectivity index (χ2v) is 5.52. The fourth-order valence-electron chi connectivity index (χ4n) is 2.85. The zero-order chi connectivity index (χ0) is 17.1. The zero-order valence-corrected chi connectivity index (χ0v) is 13.7. The molecular weight excluding hydrogens is 308 g/mol. The van der Waals surface area contributed by atoms with E-state index in [0.717, 1.165) is 11.3 Å². The molecule has 6 heteroatoms. The van der Waals surface area contributed by atoms with Gasteiger partial charge in [0.1, 0.15) is 6.17 Å². The molecule has 3 rings (SSSR count). The van der Waals surface area contributed by atoms with Crippen LogP contribution in [0, 0.1) is 0 Å². The summed E-state index contributed by atoms with van der Waals surface area (Å²) in [4.78, 5) is 14.6. The van der Waals surface area contributed by atoms with Crippen LogP contribution in [0.5, 0.6) is 11.5 Å². The van der Waals surface area contributed by atoms with Gasteiger partial charge in [0.05, 0.1) is 19.3 Å². The van der Waals surface area contributed by atoms with Gasteiger partial charge in [0.2, 0.25) is 0 Å². The Morgan fingerprint density at radius 3 is 2.71 bits per heavy atom. The third-order valence-corrected chi connectivity index (χ3v) is 4.08. The van der Waals surface area contributed by atoms with E-state index in [-0.39, 0.29) is 17.8 Å². The predicted octanol–water partition coefficient (Wildman–Crippen LogP) is 2.61. The maximum atomic E-state index is 12.9. The first-order valence-corrected chi connectivity index (χ1v) is 7.68. The standard InChI is InChI=1S/C18H20N2O4/c1-23-10-9-20-17(12-7-8-16(24-2)15(21)11-12)19-14-6-4-3-5-13(14)18(20)22/h3-8,11,17,19,21H,9-10H2,1-2H3/t17-/m1/s1. The number of nitrogens with zero attached hydrogens (tertiary/aromatic N) is 1. The summed E-state index contributed by atoms with van der Waals surface area (Å²) in [5.74, 6) is 0.362. The molecule has 2 aromatic rings. The molecule has 126 valence electrons. The molecule has 1 atom stereocenters. The molecule has 0 fully saturated rings. The maximum Gasteiger partial charge on any atom is 0.257 e. The molecule has 1 amide bonds. The number of aromatic hydroxyl groups is 1. The van der Waals surface area contributed by atoms with E-state index >= 15 is 0 Å². The number of carbonyl (C=O) groups is 1. The van der Waals surface area contributed by atoms with Crippen molar-refractivity contribution < 1.29 is 19.4 Å². The Morgan fingerprint density at radius 1 is 1.21 bits per heavy atom. The van der Waals surface area contributed by atoms with Crippen molar-refractivity contribution in [2.75, 3.05) is 32.7 Å². The lowest BCUT2D eigenvalue weighted by molar-refractivity contribution is 0.0609. The molecule has 0 unspecified atom stereocenters. The highest BCUT2D eigenvalue weighted by Gasteiger charge is 2.32. The number of ether oxygens (including phenoxy) is 2. The maximum absolute atomic E-state index is 12.9. The van der Waals surface area contributed by atoms with Crippen LogP contribution < -0.4 is 10.1 Å². The highest BCUT2D eigenvalue weighted by molar-refractivity contribution is 6.01. The van der Waals surface area contributed by atoms with Gasteiger partial charge >= 0.3 is 0 Å². The van der Waals surface area contributed by atoms with E-state index in [0.29, 0.717) is 24.5 Å². The van der Waals surface area contributed by atoms with E-state index in [1.807, 2.05) is 24.3 Å². The van der Waals surface area contributed by atoms with Crippen LogP contribution in [-0.4, -0.2) is 43.3 Å². The largest absolute Gasteiger partial charge is 0.504 e. The molecule has 0 radical (unpaired) electrons. The SMILES string of the molecule is COCCN1C(=O)c2ccccc2N[C@H]1c1ccc(OC)c(O)c1. The topological polar surface area (TPSA) is 71.0 Å². The van der Waals surface area contributed by atoms with Crippen LogP contribution in [0.1, 0.15) is 22.1 Å². The van der Waals surface area contributed by atoms with Crippen molar-refractivity contribution in [2.45, 2.75) is 6.17 Å². The van der Waals surface area contributed by atoms with Crippen LogP contribution in [0.15, 0.2) is 42.5 Å². The Labute approximate surface area is 140 Å². The molecule has 0 spiro atoms. The molecule has 1 aliphatic rings. The Morgan fingerprint density at radius 2 is 2.00 bits per heavy atom. The van der Waals surface area contributed by atoms with Crippen molar-refractivity contribution in [1.29, 1.82) is 0 Å². The fourth-order valence-corrected chi connectivity index (χ4v) is 2.85. The van der Waals surface area contributed by atoms with Gasteiger partial charge in [0.15, 0.2) is 11.5 Å². The molecule has 0 saturated carbocycles. The van der Waals surface area contributed by atoms with Gasteiger partial charge in [-0.2, -0.15) is 0 Å². The van der Waals surface area contributed by atoms with Crippen LogP contribution in [0.25, 0.3) is 0 Å².